The minimum absolute atomic E-state index is 0.0198. The van der Waals surface area contributed by atoms with Gasteiger partial charge < -0.3 is 15.5 Å². The van der Waals surface area contributed by atoms with Crippen LogP contribution in [0.5, 0.6) is 0 Å². The maximum Gasteiger partial charge on any atom is 0.222 e. The van der Waals surface area contributed by atoms with E-state index in [0.717, 1.165) is 22.3 Å². The number of aromatic nitrogens is 4. The van der Waals surface area contributed by atoms with Crippen molar-refractivity contribution in [2.75, 3.05) is 12.8 Å². The van der Waals surface area contributed by atoms with Crippen LogP contribution in [-0.4, -0.2) is 27.0 Å². The van der Waals surface area contributed by atoms with Crippen molar-refractivity contribution in [3.05, 3.63) is 36.2 Å². The predicted molar refractivity (Wildman–Crippen MR) is 77.0 cm³/mol. The van der Waals surface area contributed by atoms with E-state index in [1.165, 1.54) is 0 Å². The quantitative estimate of drug-likeness (QED) is 0.761. The highest BCUT2D eigenvalue weighted by Crippen LogP contribution is 2.27. The molecule has 20 heavy (non-hydrogen) atoms. The summed E-state index contributed by atoms with van der Waals surface area (Å²) >= 11 is 0. The van der Waals surface area contributed by atoms with Crippen LogP contribution >= 0.6 is 0 Å². The molecule has 0 radical (unpaired) electrons. The molecule has 2 aromatic heterocycles. The van der Waals surface area contributed by atoms with Gasteiger partial charge in [0.25, 0.3) is 0 Å². The molecule has 3 N–H and O–H groups in total. The lowest BCUT2D eigenvalue weighted by Crippen LogP contribution is -1.99. The zero-order valence-electron chi connectivity index (χ0n) is 11.3. The molecule has 0 amide bonds. The summed E-state index contributed by atoms with van der Waals surface area (Å²) in [5, 5.41) is 0. The second-order valence-electron chi connectivity index (χ2n) is 4.53. The van der Waals surface area contributed by atoms with E-state index < -0.39 is 0 Å². The zero-order valence-corrected chi connectivity index (χ0v) is 11.3. The van der Waals surface area contributed by atoms with Crippen molar-refractivity contribution < 1.29 is 4.74 Å². The molecule has 6 nitrogen and oxygen atoms in total. The number of hydrogen-bond donors (Lipinski definition) is 2. The molecule has 0 saturated heterocycles. The SMILES string of the molecule is COC(C)c1cccc(-c2nc(N)nc3nc[nH]c23)c1. The maximum absolute atomic E-state index is 5.74. The normalized spacial score (nSPS) is 12.7. The fourth-order valence-electron chi connectivity index (χ4n) is 2.13. The number of nitrogen functional groups attached to an aromatic ring is 1. The van der Waals surface area contributed by atoms with Gasteiger partial charge in [-0.3, -0.25) is 0 Å². The van der Waals surface area contributed by atoms with Crippen LogP contribution in [0.3, 0.4) is 0 Å². The van der Waals surface area contributed by atoms with Gasteiger partial charge in [-0.1, -0.05) is 18.2 Å². The molecular formula is C14H15N5O. The largest absolute Gasteiger partial charge is 0.377 e. The number of rotatable bonds is 3. The number of methoxy groups -OCH3 is 1. The number of nitrogens with two attached hydrogens (primary N) is 1. The van der Waals surface area contributed by atoms with Crippen LogP contribution in [0.25, 0.3) is 22.4 Å². The lowest BCUT2D eigenvalue weighted by atomic mass is 10.0. The van der Waals surface area contributed by atoms with Crippen molar-refractivity contribution in [3.8, 4) is 11.3 Å². The van der Waals surface area contributed by atoms with Gasteiger partial charge in [0.15, 0.2) is 5.65 Å². The van der Waals surface area contributed by atoms with E-state index in [2.05, 4.69) is 19.9 Å². The van der Waals surface area contributed by atoms with Crippen LogP contribution < -0.4 is 5.73 Å². The van der Waals surface area contributed by atoms with E-state index in [0.29, 0.717) is 5.65 Å². The van der Waals surface area contributed by atoms with Crippen LogP contribution in [0.15, 0.2) is 30.6 Å². The Morgan fingerprint density at radius 1 is 1.30 bits per heavy atom. The summed E-state index contributed by atoms with van der Waals surface area (Å²) in [6, 6.07) is 8.01. The van der Waals surface area contributed by atoms with Crippen molar-refractivity contribution in [3.63, 3.8) is 0 Å². The first-order valence-corrected chi connectivity index (χ1v) is 6.28. The van der Waals surface area contributed by atoms with Crippen LogP contribution in [0.2, 0.25) is 0 Å². The highest BCUT2D eigenvalue weighted by Gasteiger charge is 2.12. The Hall–Kier alpha value is -2.47. The van der Waals surface area contributed by atoms with Gasteiger partial charge >= 0.3 is 0 Å². The van der Waals surface area contributed by atoms with Crippen LogP contribution in [0.1, 0.15) is 18.6 Å². The third-order valence-electron chi connectivity index (χ3n) is 3.29. The average Bonchev–Trinajstić information content (AvgIpc) is 2.93. The second kappa shape index (κ2) is 4.90. The molecular weight excluding hydrogens is 254 g/mol. The van der Waals surface area contributed by atoms with E-state index in [1.54, 1.807) is 13.4 Å². The molecule has 2 heterocycles. The van der Waals surface area contributed by atoms with E-state index in [4.69, 9.17) is 10.5 Å². The van der Waals surface area contributed by atoms with E-state index in [1.807, 2.05) is 31.2 Å². The fraction of sp³-hybridized carbons (Fsp3) is 0.214. The van der Waals surface area contributed by atoms with E-state index >= 15 is 0 Å². The van der Waals surface area contributed by atoms with Crippen LogP contribution in [0, 0.1) is 0 Å². The van der Waals surface area contributed by atoms with Gasteiger partial charge in [0.1, 0.15) is 11.2 Å². The number of ether oxygens (including phenoxy) is 1. The first-order chi connectivity index (χ1) is 9.69. The summed E-state index contributed by atoms with van der Waals surface area (Å²) in [6.07, 6.45) is 1.61. The Bertz CT molecular complexity index is 752. The number of nitrogens with zero attached hydrogens (tertiary/aromatic N) is 3. The smallest absolute Gasteiger partial charge is 0.222 e. The number of aromatic amines is 1. The maximum atomic E-state index is 5.74. The number of hydrogen-bond acceptors (Lipinski definition) is 5. The van der Waals surface area contributed by atoms with Crippen molar-refractivity contribution in [2.24, 2.45) is 0 Å². The Balaban J connectivity index is 2.18. The number of imidazole rings is 1. The summed E-state index contributed by atoms with van der Waals surface area (Å²) in [7, 11) is 1.69. The predicted octanol–water partition coefficient (Wildman–Crippen LogP) is 2.31. The molecule has 102 valence electrons. The molecule has 0 aliphatic carbocycles. The lowest BCUT2D eigenvalue weighted by molar-refractivity contribution is 0.119. The summed E-state index contributed by atoms with van der Waals surface area (Å²) < 4.78 is 5.35. The first-order valence-electron chi connectivity index (χ1n) is 6.28. The molecule has 0 saturated carbocycles. The van der Waals surface area contributed by atoms with Gasteiger partial charge in [0.05, 0.1) is 12.4 Å². The van der Waals surface area contributed by atoms with Crippen LogP contribution in [0.4, 0.5) is 5.95 Å². The number of nitrogens with one attached hydrogen (secondary N) is 1. The third kappa shape index (κ3) is 2.10. The molecule has 3 aromatic rings. The molecule has 0 spiro atoms. The molecule has 0 fully saturated rings. The summed E-state index contributed by atoms with van der Waals surface area (Å²) in [5.41, 5.74) is 9.87. The number of anilines is 1. The highest BCUT2D eigenvalue weighted by molar-refractivity contribution is 5.87. The molecule has 1 unspecified atom stereocenters. The monoisotopic (exact) mass is 269 g/mol. The van der Waals surface area contributed by atoms with Crippen molar-refractivity contribution >= 4 is 17.1 Å². The highest BCUT2D eigenvalue weighted by atomic mass is 16.5. The minimum Gasteiger partial charge on any atom is -0.377 e. The molecule has 0 aliphatic rings. The molecule has 1 atom stereocenters. The average molecular weight is 269 g/mol. The third-order valence-corrected chi connectivity index (χ3v) is 3.29. The van der Waals surface area contributed by atoms with Gasteiger partial charge in [-0.2, -0.15) is 4.98 Å². The second-order valence-corrected chi connectivity index (χ2v) is 4.53. The van der Waals surface area contributed by atoms with Gasteiger partial charge in [0.2, 0.25) is 5.95 Å². The van der Waals surface area contributed by atoms with Gasteiger partial charge in [0, 0.05) is 12.7 Å². The number of fused-ring (bicyclic) bond motifs is 1. The van der Waals surface area contributed by atoms with Gasteiger partial charge in [-0.05, 0) is 18.6 Å². The standard InChI is InChI=1S/C14H15N5O/c1-8(20-2)9-4-3-5-10(6-9)11-12-13(17-7-16-12)19-14(15)18-11/h3-8H,1-2H3,(H3,15,16,17,18,19). The van der Waals surface area contributed by atoms with Crippen molar-refractivity contribution in [2.45, 2.75) is 13.0 Å². The Kier molecular flexibility index (Phi) is 3.08. The van der Waals surface area contributed by atoms with Gasteiger partial charge in [-0.15, -0.1) is 0 Å². The number of H-pyrrole nitrogens is 1. The molecule has 3 rings (SSSR count). The Labute approximate surface area is 116 Å². The van der Waals surface area contributed by atoms with Gasteiger partial charge in [-0.25, -0.2) is 9.97 Å². The Morgan fingerprint density at radius 3 is 2.95 bits per heavy atom. The molecule has 1 aromatic carbocycles. The Morgan fingerprint density at radius 2 is 2.15 bits per heavy atom. The summed E-state index contributed by atoms with van der Waals surface area (Å²) in [6.45, 7) is 2.00. The van der Waals surface area contributed by atoms with Crippen molar-refractivity contribution in [1.82, 2.24) is 19.9 Å². The molecule has 6 heteroatoms. The topological polar surface area (TPSA) is 89.7 Å². The summed E-state index contributed by atoms with van der Waals surface area (Å²) in [5.74, 6) is 0.213. The van der Waals surface area contributed by atoms with Crippen molar-refractivity contribution in [1.29, 1.82) is 0 Å². The molecule has 0 bridgehead atoms. The lowest BCUT2D eigenvalue weighted by Gasteiger charge is -2.11. The first kappa shape index (κ1) is 12.6. The summed E-state index contributed by atoms with van der Waals surface area (Å²) in [4.78, 5) is 15.6. The minimum atomic E-state index is 0.0198. The van der Waals surface area contributed by atoms with E-state index in [9.17, 15) is 0 Å². The van der Waals surface area contributed by atoms with E-state index in [-0.39, 0.29) is 12.1 Å². The zero-order chi connectivity index (χ0) is 14.1. The fourth-order valence-corrected chi connectivity index (χ4v) is 2.13. The number of benzene rings is 1. The van der Waals surface area contributed by atoms with Crippen LogP contribution in [-0.2, 0) is 4.74 Å². The molecule has 0 aliphatic heterocycles.